The van der Waals surface area contributed by atoms with Crippen molar-refractivity contribution >= 4 is 0 Å². The highest BCUT2D eigenvalue weighted by molar-refractivity contribution is 5.34. The Kier molecular flexibility index (Phi) is 2.73. The van der Waals surface area contributed by atoms with Gasteiger partial charge in [-0.1, -0.05) is 24.6 Å². The predicted molar refractivity (Wildman–Crippen MR) is 62.8 cm³/mol. The van der Waals surface area contributed by atoms with Crippen LogP contribution < -0.4 is 4.74 Å². The lowest BCUT2D eigenvalue weighted by Gasteiger charge is -2.30. The topological polar surface area (TPSA) is 9.23 Å². The number of alkyl halides is 1. The van der Waals surface area contributed by atoms with Crippen molar-refractivity contribution in [2.24, 2.45) is 0 Å². The summed E-state index contributed by atoms with van der Waals surface area (Å²) in [5, 5.41) is 0. The fraction of sp³-hybridized carbons (Fsp3) is 0.214. The summed E-state index contributed by atoms with van der Waals surface area (Å²) in [6.45, 7) is 3.90. The number of allylic oxidation sites excluding steroid dienone is 2. The minimum Gasteiger partial charge on any atom is -0.471 e. The number of hydrogen-bond acceptors (Lipinski definition) is 1. The van der Waals surface area contributed by atoms with Gasteiger partial charge in [-0.2, -0.15) is 18.1 Å². The van der Waals surface area contributed by atoms with Gasteiger partial charge in [0.1, 0.15) is 5.75 Å². The van der Waals surface area contributed by atoms with Gasteiger partial charge < -0.3 is 4.74 Å². The molecule has 1 aliphatic carbocycles. The first-order valence-corrected chi connectivity index (χ1v) is 5.24. The maximum atomic E-state index is 14.1. The summed E-state index contributed by atoms with van der Waals surface area (Å²) >= 11 is 0. The van der Waals surface area contributed by atoms with Crippen molar-refractivity contribution in [3.8, 4) is 5.75 Å². The molecule has 0 bridgehead atoms. The highest BCUT2D eigenvalue weighted by Crippen LogP contribution is 2.27. The van der Waals surface area contributed by atoms with Gasteiger partial charge >= 0.3 is 0 Å². The summed E-state index contributed by atoms with van der Waals surface area (Å²) in [5.74, 6) is -0.280. The molecule has 0 N–H and O–H groups in total. The fourth-order valence-corrected chi connectivity index (χ4v) is 1.46. The molecular formula is C14H14FO-. The maximum absolute atomic E-state index is 14.1. The average Bonchev–Trinajstić information content (AvgIpc) is 2.27. The van der Waals surface area contributed by atoms with Gasteiger partial charge in [0.05, 0.1) is 0 Å². The van der Waals surface area contributed by atoms with E-state index in [2.05, 4.69) is 0 Å². The molecule has 1 aromatic carbocycles. The Morgan fingerprint density at radius 3 is 2.25 bits per heavy atom. The van der Waals surface area contributed by atoms with Gasteiger partial charge in [-0.25, -0.2) is 4.39 Å². The molecule has 2 rings (SSSR count). The Labute approximate surface area is 95.2 Å². The highest BCUT2D eigenvalue weighted by Gasteiger charge is 2.20. The van der Waals surface area contributed by atoms with E-state index in [1.807, 2.05) is 26.0 Å². The molecule has 84 valence electrons. The molecule has 0 aliphatic heterocycles. The van der Waals surface area contributed by atoms with Crippen LogP contribution in [0.5, 0.6) is 5.75 Å². The second kappa shape index (κ2) is 4.05. The normalized spacial score (nSPS) is 17.6. The third-order valence-corrected chi connectivity index (χ3v) is 2.44. The summed E-state index contributed by atoms with van der Waals surface area (Å²) in [6, 6.07) is 7.33. The number of benzene rings is 1. The predicted octanol–water partition coefficient (Wildman–Crippen LogP) is 3.76. The summed E-state index contributed by atoms with van der Waals surface area (Å²) in [7, 11) is 0. The quantitative estimate of drug-likeness (QED) is 0.685. The first-order chi connectivity index (χ1) is 7.57. The van der Waals surface area contributed by atoms with Crippen molar-refractivity contribution in [3.05, 3.63) is 60.1 Å². The monoisotopic (exact) mass is 217 g/mol. The minimum absolute atomic E-state index is 0.530. The molecule has 0 amide bonds. The number of ether oxygens (including phenoxy) is 1. The molecule has 0 fully saturated rings. The van der Waals surface area contributed by atoms with Crippen molar-refractivity contribution in [2.45, 2.75) is 19.7 Å². The molecule has 0 saturated carbocycles. The Morgan fingerprint density at radius 2 is 1.69 bits per heavy atom. The fourth-order valence-electron chi connectivity index (χ4n) is 1.46. The van der Waals surface area contributed by atoms with Crippen LogP contribution in [0.2, 0.25) is 0 Å². The molecular weight excluding hydrogens is 203 g/mol. The smallest absolute Gasteiger partial charge is 0.202 e. The van der Waals surface area contributed by atoms with Crippen LogP contribution in [0.1, 0.15) is 12.5 Å². The van der Waals surface area contributed by atoms with E-state index in [1.165, 1.54) is 12.2 Å². The third kappa shape index (κ3) is 2.45. The molecule has 0 aromatic heterocycles. The van der Waals surface area contributed by atoms with Crippen LogP contribution in [0.3, 0.4) is 0 Å². The Balaban J connectivity index is 2.13. The van der Waals surface area contributed by atoms with E-state index in [1.54, 1.807) is 24.3 Å². The maximum Gasteiger partial charge on any atom is 0.202 e. The number of aryl methyl sites for hydroxylation is 1. The molecule has 0 radical (unpaired) electrons. The molecule has 0 spiro atoms. The van der Waals surface area contributed by atoms with E-state index >= 15 is 0 Å². The van der Waals surface area contributed by atoms with E-state index in [0.717, 1.165) is 11.5 Å². The SMILES string of the molecule is Cc1ccc(OC2(F)C=C[C-](C)C=C2)cc1. The van der Waals surface area contributed by atoms with Crippen LogP contribution in [0.25, 0.3) is 0 Å². The molecule has 0 heterocycles. The lowest BCUT2D eigenvalue weighted by Crippen LogP contribution is -2.27. The molecule has 0 unspecified atom stereocenters. The first-order valence-electron chi connectivity index (χ1n) is 5.24. The number of halogens is 1. The molecule has 1 aromatic rings. The molecule has 16 heavy (non-hydrogen) atoms. The highest BCUT2D eigenvalue weighted by atomic mass is 19.2. The summed E-state index contributed by atoms with van der Waals surface area (Å²) in [6.07, 6.45) is 6.27. The van der Waals surface area contributed by atoms with Crippen LogP contribution in [0.4, 0.5) is 4.39 Å². The van der Waals surface area contributed by atoms with Gasteiger partial charge in [-0.3, -0.25) is 0 Å². The van der Waals surface area contributed by atoms with Gasteiger partial charge in [0.25, 0.3) is 0 Å². The van der Waals surface area contributed by atoms with Gasteiger partial charge in [-0.15, -0.1) is 12.2 Å². The Bertz CT molecular complexity index is 403. The van der Waals surface area contributed by atoms with Gasteiger partial charge in [0.15, 0.2) is 0 Å². The summed E-state index contributed by atoms with van der Waals surface area (Å²) in [4.78, 5) is 0. The molecule has 0 atom stereocenters. The first kappa shape index (κ1) is 10.8. The molecule has 2 heteroatoms. The lowest BCUT2D eigenvalue weighted by molar-refractivity contribution is 0.0316. The van der Waals surface area contributed by atoms with Crippen molar-refractivity contribution in [2.75, 3.05) is 0 Å². The second-order valence-corrected chi connectivity index (χ2v) is 4.02. The lowest BCUT2D eigenvalue weighted by atomic mass is 10.0. The molecule has 1 nitrogen and oxygen atoms in total. The van der Waals surface area contributed by atoms with E-state index in [9.17, 15) is 4.39 Å². The zero-order valence-electron chi connectivity index (χ0n) is 9.41. The Morgan fingerprint density at radius 1 is 1.12 bits per heavy atom. The average molecular weight is 217 g/mol. The molecule has 0 saturated heterocycles. The zero-order valence-corrected chi connectivity index (χ0v) is 9.41. The largest absolute Gasteiger partial charge is 0.471 e. The minimum atomic E-state index is -1.82. The van der Waals surface area contributed by atoms with E-state index < -0.39 is 5.85 Å². The van der Waals surface area contributed by atoms with Crippen molar-refractivity contribution in [3.63, 3.8) is 0 Å². The number of hydrogen-bond donors (Lipinski definition) is 0. The van der Waals surface area contributed by atoms with Crippen LogP contribution in [-0.2, 0) is 0 Å². The third-order valence-electron chi connectivity index (χ3n) is 2.44. The van der Waals surface area contributed by atoms with Crippen LogP contribution >= 0.6 is 0 Å². The van der Waals surface area contributed by atoms with E-state index in [0.29, 0.717) is 5.75 Å². The molecule has 1 aliphatic rings. The van der Waals surface area contributed by atoms with E-state index in [4.69, 9.17) is 4.74 Å². The van der Waals surface area contributed by atoms with Crippen molar-refractivity contribution in [1.82, 2.24) is 0 Å². The Hall–Kier alpha value is -1.70. The number of rotatable bonds is 2. The van der Waals surface area contributed by atoms with Crippen molar-refractivity contribution in [1.29, 1.82) is 0 Å². The van der Waals surface area contributed by atoms with Crippen molar-refractivity contribution < 1.29 is 9.13 Å². The van der Waals surface area contributed by atoms with Gasteiger partial charge in [-0.05, 0) is 19.1 Å². The standard InChI is InChI=1S/C14H14FO/c1-11-3-5-13(6-4-11)16-14(15)9-7-12(2)8-10-14/h3-10H,1-2H3/q-1. The van der Waals surface area contributed by atoms with Gasteiger partial charge in [0, 0.05) is 0 Å². The second-order valence-electron chi connectivity index (χ2n) is 4.02. The van der Waals surface area contributed by atoms with Crippen LogP contribution in [0.15, 0.2) is 48.6 Å². The van der Waals surface area contributed by atoms with Crippen LogP contribution in [-0.4, -0.2) is 5.85 Å². The summed E-state index contributed by atoms with van der Waals surface area (Å²) < 4.78 is 19.4. The zero-order chi connectivity index (χ0) is 11.6. The van der Waals surface area contributed by atoms with Crippen LogP contribution in [0, 0.1) is 12.8 Å². The van der Waals surface area contributed by atoms with Gasteiger partial charge in [0.2, 0.25) is 5.85 Å². The van der Waals surface area contributed by atoms with E-state index in [-0.39, 0.29) is 0 Å². The summed E-state index contributed by atoms with van der Waals surface area (Å²) in [5.41, 5.74) is 1.12.